The quantitative estimate of drug-likeness (QED) is 0.901. The predicted octanol–water partition coefficient (Wildman–Crippen LogP) is 1.80. The van der Waals surface area contributed by atoms with Crippen molar-refractivity contribution < 1.29 is 8.42 Å². The van der Waals surface area contributed by atoms with Gasteiger partial charge in [-0.3, -0.25) is 0 Å². The monoisotopic (exact) mass is 296 g/mol. The molecule has 0 aliphatic carbocycles. The van der Waals surface area contributed by atoms with Crippen LogP contribution >= 0.6 is 0 Å². The summed E-state index contributed by atoms with van der Waals surface area (Å²) in [6.07, 6.45) is 3.08. The molecule has 112 valence electrons. The Morgan fingerprint density at radius 3 is 2.40 bits per heavy atom. The van der Waals surface area contributed by atoms with Crippen LogP contribution in [0.3, 0.4) is 0 Å². The van der Waals surface area contributed by atoms with Gasteiger partial charge in [0.05, 0.1) is 6.26 Å². The Morgan fingerprint density at radius 1 is 1.25 bits per heavy atom. The molecular formula is C15H24N2O2S. The molecule has 4 nitrogen and oxygen atoms in total. The number of benzene rings is 1. The zero-order chi connectivity index (χ0) is 14.6. The number of sulfonamides is 1. The lowest BCUT2D eigenvalue weighted by atomic mass is 10.00. The molecule has 2 rings (SSSR count). The molecule has 0 spiro atoms. The van der Waals surface area contributed by atoms with E-state index < -0.39 is 10.0 Å². The molecule has 1 aliphatic heterocycles. The molecule has 0 bridgehead atoms. The Bertz CT molecular complexity index is 508. The van der Waals surface area contributed by atoms with Gasteiger partial charge in [-0.15, -0.1) is 0 Å². The topological polar surface area (TPSA) is 49.4 Å². The smallest absolute Gasteiger partial charge is 0.211 e. The van der Waals surface area contributed by atoms with Gasteiger partial charge in [-0.25, -0.2) is 12.7 Å². The molecule has 1 aromatic carbocycles. The minimum atomic E-state index is -3.02. The molecule has 1 aromatic rings. The fourth-order valence-corrected chi connectivity index (χ4v) is 3.51. The summed E-state index contributed by atoms with van der Waals surface area (Å²) in [5.74, 6) is 0.476. The second kappa shape index (κ2) is 6.70. The molecular weight excluding hydrogens is 272 g/mol. The number of piperidine rings is 1. The van der Waals surface area contributed by atoms with Crippen LogP contribution in [0.1, 0.15) is 31.2 Å². The fourth-order valence-electron chi connectivity index (χ4n) is 2.63. The first kappa shape index (κ1) is 15.5. The molecule has 1 aliphatic rings. The summed E-state index contributed by atoms with van der Waals surface area (Å²) in [6, 6.07) is 10.9. The van der Waals surface area contributed by atoms with Crippen LogP contribution in [0.15, 0.2) is 30.3 Å². The van der Waals surface area contributed by atoms with Crippen LogP contribution in [0, 0.1) is 0 Å². The molecule has 20 heavy (non-hydrogen) atoms. The Kier molecular flexibility index (Phi) is 5.18. The van der Waals surface area contributed by atoms with E-state index in [-0.39, 0.29) is 0 Å². The van der Waals surface area contributed by atoms with E-state index in [0.29, 0.717) is 25.0 Å². The minimum Gasteiger partial charge on any atom is -0.313 e. The molecule has 5 heteroatoms. The van der Waals surface area contributed by atoms with Crippen LogP contribution in [0.25, 0.3) is 0 Å². The molecule has 0 radical (unpaired) electrons. The van der Waals surface area contributed by atoms with E-state index >= 15 is 0 Å². The van der Waals surface area contributed by atoms with Gasteiger partial charge in [-0.05, 0) is 24.3 Å². The standard InChI is InChI=1S/C15H24N2O2S/c1-13(14-6-4-3-5-7-14)12-16-15-8-10-17(11-9-15)20(2,18)19/h3-7,13,15-16H,8-12H2,1-2H3. The molecule has 1 N–H and O–H groups in total. The summed E-state index contributed by atoms with van der Waals surface area (Å²) in [5, 5.41) is 3.57. The number of nitrogens with zero attached hydrogens (tertiary/aromatic N) is 1. The second-order valence-electron chi connectivity index (χ2n) is 5.66. The van der Waals surface area contributed by atoms with Crippen molar-refractivity contribution in [2.75, 3.05) is 25.9 Å². The summed E-state index contributed by atoms with van der Waals surface area (Å²) in [6.45, 7) is 4.42. The normalized spacial score (nSPS) is 19.9. The first-order chi connectivity index (χ1) is 9.47. The van der Waals surface area contributed by atoms with Crippen molar-refractivity contribution in [3.63, 3.8) is 0 Å². The van der Waals surface area contributed by atoms with Gasteiger partial charge in [-0.2, -0.15) is 0 Å². The van der Waals surface area contributed by atoms with Crippen LogP contribution < -0.4 is 5.32 Å². The highest BCUT2D eigenvalue weighted by atomic mass is 32.2. The number of hydrogen-bond acceptors (Lipinski definition) is 3. The Balaban J connectivity index is 1.77. The molecule has 1 unspecified atom stereocenters. The average molecular weight is 296 g/mol. The van der Waals surface area contributed by atoms with Gasteiger partial charge < -0.3 is 5.32 Å². The second-order valence-corrected chi connectivity index (χ2v) is 7.64. The Labute approximate surface area is 122 Å². The van der Waals surface area contributed by atoms with E-state index in [1.165, 1.54) is 11.8 Å². The summed E-state index contributed by atoms with van der Waals surface area (Å²) in [5.41, 5.74) is 1.34. The van der Waals surface area contributed by atoms with Gasteiger partial charge in [0.15, 0.2) is 0 Å². The SMILES string of the molecule is CC(CNC1CCN(S(C)(=O)=O)CC1)c1ccccc1. The van der Waals surface area contributed by atoms with Gasteiger partial charge in [0.25, 0.3) is 0 Å². The first-order valence-corrected chi connectivity index (χ1v) is 9.05. The summed E-state index contributed by atoms with van der Waals surface area (Å²) >= 11 is 0. The summed E-state index contributed by atoms with van der Waals surface area (Å²) in [7, 11) is -3.02. The van der Waals surface area contributed by atoms with Crippen molar-refractivity contribution in [3.8, 4) is 0 Å². The van der Waals surface area contributed by atoms with Crippen molar-refractivity contribution in [2.45, 2.75) is 31.7 Å². The van der Waals surface area contributed by atoms with E-state index in [4.69, 9.17) is 0 Å². The highest BCUT2D eigenvalue weighted by molar-refractivity contribution is 7.88. The van der Waals surface area contributed by atoms with Gasteiger partial charge in [0, 0.05) is 25.7 Å². The summed E-state index contributed by atoms with van der Waals surface area (Å²) in [4.78, 5) is 0. The maximum Gasteiger partial charge on any atom is 0.211 e. The highest BCUT2D eigenvalue weighted by Crippen LogP contribution is 2.16. The zero-order valence-corrected chi connectivity index (χ0v) is 13.1. The van der Waals surface area contributed by atoms with Crippen molar-refractivity contribution in [3.05, 3.63) is 35.9 Å². The third-order valence-corrected chi connectivity index (χ3v) is 5.31. The molecule has 0 amide bonds. The van der Waals surface area contributed by atoms with Crippen LogP contribution in [-0.4, -0.2) is 44.7 Å². The molecule has 0 saturated carbocycles. The van der Waals surface area contributed by atoms with E-state index in [9.17, 15) is 8.42 Å². The zero-order valence-electron chi connectivity index (χ0n) is 12.2. The van der Waals surface area contributed by atoms with Crippen LogP contribution in [0.2, 0.25) is 0 Å². The van der Waals surface area contributed by atoms with Gasteiger partial charge >= 0.3 is 0 Å². The lowest BCUT2D eigenvalue weighted by molar-refractivity contribution is 0.289. The molecule has 1 atom stereocenters. The minimum absolute atomic E-state index is 0.430. The largest absolute Gasteiger partial charge is 0.313 e. The van der Waals surface area contributed by atoms with Crippen molar-refractivity contribution in [1.29, 1.82) is 0 Å². The number of nitrogens with one attached hydrogen (secondary N) is 1. The lowest BCUT2D eigenvalue weighted by Gasteiger charge is -2.31. The Hall–Kier alpha value is -0.910. The van der Waals surface area contributed by atoms with Crippen LogP contribution in [0.4, 0.5) is 0 Å². The third-order valence-electron chi connectivity index (χ3n) is 4.00. The van der Waals surface area contributed by atoms with Gasteiger partial charge in [0.2, 0.25) is 10.0 Å². The van der Waals surface area contributed by atoms with E-state index in [1.54, 1.807) is 4.31 Å². The van der Waals surface area contributed by atoms with Crippen molar-refractivity contribution in [1.82, 2.24) is 9.62 Å². The fraction of sp³-hybridized carbons (Fsp3) is 0.600. The lowest BCUT2D eigenvalue weighted by Crippen LogP contribution is -2.45. The first-order valence-electron chi connectivity index (χ1n) is 7.20. The van der Waals surface area contributed by atoms with Crippen LogP contribution in [-0.2, 0) is 10.0 Å². The average Bonchev–Trinajstić information content (AvgIpc) is 2.45. The van der Waals surface area contributed by atoms with Crippen molar-refractivity contribution >= 4 is 10.0 Å². The maximum absolute atomic E-state index is 11.4. The predicted molar refractivity (Wildman–Crippen MR) is 82.3 cm³/mol. The van der Waals surface area contributed by atoms with Crippen molar-refractivity contribution in [2.24, 2.45) is 0 Å². The number of hydrogen-bond donors (Lipinski definition) is 1. The molecule has 1 saturated heterocycles. The Morgan fingerprint density at radius 2 is 1.85 bits per heavy atom. The third kappa shape index (κ3) is 4.30. The van der Waals surface area contributed by atoms with E-state index in [2.05, 4.69) is 36.5 Å². The summed E-state index contributed by atoms with van der Waals surface area (Å²) < 4.78 is 24.5. The maximum atomic E-state index is 11.4. The van der Waals surface area contributed by atoms with Gasteiger partial charge in [0.1, 0.15) is 0 Å². The van der Waals surface area contributed by atoms with E-state index in [1.807, 2.05) is 6.07 Å². The molecule has 1 fully saturated rings. The van der Waals surface area contributed by atoms with E-state index in [0.717, 1.165) is 19.4 Å². The number of rotatable bonds is 5. The van der Waals surface area contributed by atoms with Gasteiger partial charge in [-0.1, -0.05) is 37.3 Å². The molecule has 1 heterocycles. The van der Waals surface area contributed by atoms with Crippen LogP contribution in [0.5, 0.6) is 0 Å². The molecule has 0 aromatic heterocycles. The highest BCUT2D eigenvalue weighted by Gasteiger charge is 2.24.